The fourth-order valence-electron chi connectivity index (χ4n) is 2.97. The Hall–Kier alpha value is -2.13. The summed E-state index contributed by atoms with van der Waals surface area (Å²) in [7, 11) is 0. The first-order valence-corrected chi connectivity index (χ1v) is 7.45. The summed E-state index contributed by atoms with van der Waals surface area (Å²) in [4.78, 5) is 2.49. The van der Waals surface area contributed by atoms with Crippen LogP contribution in [0.1, 0.15) is 22.3 Å². The first-order valence-electron chi connectivity index (χ1n) is 7.45. The van der Waals surface area contributed by atoms with E-state index < -0.39 is 0 Å². The molecule has 1 aliphatic rings. The van der Waals surface area contributed by atoms with Crippen molar-refractivity contribution in [3.63, 3.8) is 0 Å². The molecule has 0 spiro atoms. The molecule has 1 heterocycles. The molecule has 108 valence electrons. The lowest BCUT2D eigenvalue weighted by Gasteiger charge is -2.20. The van der Waals surface area contributed by atoms with Crippen LogP contribution >= 0.6 is 0 Å². The summed E-state index contributed by atoms with van der Waals surface area (Å²) < 4.78 is 0. The van der Waals surface area contributed by atoms with Gasteiger partial charge in [0.05, 0.1) is 0 Å². The van der Waals surface area contributed by atoms with Crippen molar-refractivity contribution >= 4 is 5.84 Å². The molecule has 0 bridgehead atoms. The summed E-state index contributed by atoms with van der Waals surface area (Å²) in [5.41, 5.74) is 10.6. The number of fused-ring (bicyclic) bond motifs is 1. The van der Waals surface area contributed by atoms with Gasteiger partial charge in [0.15, 0.2) is 0 Å². The molecule has 3 nitrogen and oxygen atoms in total. The fourth-order valence-corrected chi connectivity index (χ4v) is 2.97. The molecule has 3 N–H and O–H groups in total. The molecule has 21 heavy (non-hydrogen) atoms. The maximum Gasteiger partial charge on any atom is 0.122 e. The van der Waals surface area contributed by atoms with Crippen LogP contribution in [0.2, 0.25) is 0 Å². The van der Waals surface area contributed by atoms with E-state index in [1.807, 2.05) is 18.2 Å². The van der Waals surface area contributed by atoms with E-state index in [0.717, 1.165) is 38.0 Å². The van der Waals surface area contributed by atoms with E-state index in [1.165, 1.54) is 16.7 Å². The predicted molar refractivity (Wildman–Crippen MR) is 86.6 cm³/mol. The van der Waals surface area contributed by atoms with E-state index in [9.17, 15) is 0 Å². The van der Waals surface area contributed by atoms with Gasteiger partial charge in [-0.1, -0.05) is 42.5 Å². The van der Waals surface area contributed by atoms with E-state index in [2.05, 4.69) is 35.2 Å². The summed E-state index contributed by atoms with van der Waals surface area (Å²) in [5.74, 6) is 0.139. The Morgan fingerprint density at radius 2 is 1.67 bits per heavy atom. The molecule has 3 heteroatoms. The van der Waals surface area contributed by atoms with E-state index >= 15 is 0 Å². The molecule has 0 saturated heterocycles. The third-order valence-electron chi connectivity index (χ3n) is 4.16. The summed E-state index contributed by atoms with van der Waals surface area (Å²) in [6.45, 7) is 3.09. The standard InChI is InChI=1S/C18H21N3/c19-18(20)17-7-3-4-14(12-17)13-21-10-8-15-5-1-2-6-16(15)9-11-21/h1-7,12H,8-11,13H2,(H3,19,20). The van der Waals surface area contributed by atoms with E-state index in [4.69, 9.17) is 11.1 Å². The number of hydrogen-bond donors (Lipinski definition) is 2. The van der Waals surface area contributed by atoms with Crippen LogP contribution in [-0.4, -0.2) is 23.8 Å². The molecule has 2 aromatic rings. The highest BCUT2D eigenvalue weighted by molar-refractivity contribution is 5.95. The first kappa shape index (κ1) is 13.8. The number of amidine groups is 1. The van der Waals surface area contributed by atoms with Crippen molar-refractivity contribution in [2.75, 3.05) is 13.1 Å². The topological polar surface area (TPSA) is 53.1 Å². The largest absolute Gasteiger partial charge is 0.384 e. The van der Waals surface area contributed by atoms with Crippen LogP contribution < -0.4 is 5.73 Å². The van der Waals surface area contributed by atoms with Crippen LogP contribution in [0.5, 0.6) is 0 Å². The molecule has 2 aromatic carbocycles. The molecular weight excluding hydrogens is 258 g/mol. The normalized spacial score (nSPS) is 15.2. The van der Waals surface area contributed by atoms with Gasteiger partial charge >= 0.3 is 0 Å². The average molecular weight is 279 g/mol. The van der Waals surface area contributed by atoms with Gasteiger partial charge in [0, 0.05) is 25.2 Å². The quantitative estimate of drug-likeness (QED) is 0.670. The third kappa shape index (κ3) is 3.31. The molecule has 0 unspecified atom stereocenters. The Labute approximate surface area is 125 Å². The molecule has 0 amide bonds. The van der Waals surface area contributed by atoms with Crippen LogP contribution in [0.4, 0.5) is 0 Å². The minimum Gasteiger partial charge on any atom is -0.384 e. The van der Waals surface area contributed by atoms with Crippen molar-refractivity contribution in [2.45, 2.75) is 19.4 Å². The van der Waals surface area contributed by atoms with Crippen LogP contribution in [0.3, 0.4) is 0 Å². The second-order valence-corrected chi connectivity index (χ2v) is 5.66. The van der Waals surface area contributed by atoms with Crippen LogP contribution in [-0.2, 0) is 19.4 Å². The predicted octanol–water partition coefficient (Wildman–Crippen LogP) is 2.57. The summed E-state index contributed by atoms with van der Waals surface area (Å²) in [5, 5.41) is 7.54. The Kier molecular flexibility index (Phi) is 4.02. The number of hydrogen-bond acceptors (Lipinski definition) is 2. The zero-order chi connectivity index (χ0) is 14.7. The van der Waals surface area contributed by atoms with Crippen LogP contribution in [0.15, 0.2) is 48.5 Å². The second-order valence-electron chi connectivity index (χ2n) is 5.66. The average Bonchev–Trinajstić information content (AvgIpc) is 2.70. The monoisotopic (exact) mass is 279 g/mol. The number of nitrogens with zero attached hydrogens (tertiary/aromatic N) is 1. The van der Waals surface area contributed by atoms with Gasteiger partial charge in [-0.25, -0.2) is 0 Å². The first-order chi connectivity index (χ1) is 10.2. The molecule has 3 rings (SSSR count). The Morgan fingerprint density at radius 3 is 2.29 bits per heavy atom. The molecule has 0 aromatic heterocycles. The molecular formula is C18H21N3. The lowest BCUT2D eigenvalue weighted by atomic mass is 10.0. The number of nitrogens with two attached hydrogens (primary N) is 1. The lowest BCUT2D eigenvalue weighted by molar-refractivity contribution is 0.279. The fraction of sp³-hybridized carbons (Fsp3) is 0.278. The van der Waals surface area contributed by atoms with Crippen LogP contribution in [0, 0.1) is 5.41 Å². The maximum absolute atomic E-state index is 7.54. The van der Waals surface area contributed by atoms with E-state index in [-0.39, 0.29) is 5.84 Å². The SMILES string of the molecule is N=C(N)c1cccc(CN2CCc3ccccc3CC2)c1. The van der Waals surface area contributed by atoms with Crippen LogP contribution in [0.25, 0.3) is 0 Å². The number of rotatable bonds is 3. The smallest absolute Gasteiger partial charge is 0.122 e. The Morgan fingerprint density at radius 1 is 1.00 bits per heavy atom. The van der Waals surface area contributed by atoms with E-state index in [1.54, 1.807) is 0 Å². The van der Waals surface area contributed by atoms with Crippen molar-refractivity contribution < 1.29 is 0 Å². The summed E-state index contributed by atoms with van der Waals surface area (Å²) in [6, 6.07) is 16.8. The van der Waals surface area contributed by atoms with Crippen molar-refractivity contribution in [3.05, 3.63) is 70.8 Å². The zero-order valence-electron chi connectivity index (χ0n) is 12.2. The molecule has 0 atom stereocenters. The van der Waals surface area contributed by atoms with Gasteiger partial charge in [0.2, 0.25) is 0 Å². The van der Waals surface area contributed by atoms with Crippen molar-refractivity contribution in [1.29, 1.82) is 5.41 Å². The van der Waals surface area contributed by atoms with Gasteiger partial charge in [0.1, 0.15) is 5.84 Å². The lowest BCUT2D eigenvalue weighted by Crippen LogP contribution is -2.26. The van der Waals surface area contributed by atoms with Crippen molar-refractivity contribution in [3.8, 4) is 0 Å². The third-order valence-corrected chi connectivity index (χ3v) is 4.16. The molecule has 0 aliphatic carbocycles. The van der Waals surface area contributed by atoms with Gasteiger partial charge in [0.25, 0.3) is 0 Å². The number of nitrogens with one attached hydrogen (secondary N) is 1. The Balaban J connectivity index is 1.70. The van der Waals surface area contributed by atoms with Gasteiger partial charge in [-0.3, -0.25) is 10.3 Å². The minimum absolute atomic E-state index is 0.139. The van der Waals surface area contributed by atoms with Crippen molar-refractivity contribution in [2.24, 2.45) is 5.73 Å². The van der Waals surface area contributed by atoms with Crippen molar-refractivity contribution in [1.82, 2.24) is 4.90 Å². The highest BCUT2D eigenvalue weighted by Gasteiger charge is 2.13. The Bertz CT molecular complexity index is 621. The van der Waals surface area contributed by atoms with Gasteiger partial charge < -0.3 is 5.73 Å². The second kappa shape index (κ2) is 6.10. The van der Waals surface area contributed by atoms with Gasteiger partial charge in [-0.2, -0.15) is 0 Å². The summed E-state index contributed by atoms with van der Waals surface area (Å²) in [6.07, 6.45) is 2.23. The highest BCUT2D eigenvalue weighted by Crippen LogP contribution is 2.17. The van der Waals surface area contributed by atoms with Gasteiger partial charge in [-0.05, 0) is 35.6 Å². The zero-order valence-corrected chi connectivity index (χ0v) is 12.2. The van der Waals surface area contributed by atoms with E-state index in [0.29, 0.717) is 0 Å². The number of nitrogen functional groups attached to an aromatic ring is 1. The minimum atomic E-state index is 0.139. The molecule has 0 fully saturated rings. The summed E-state index contributed by atoms with van der Waals surface area (Å²) >= 11 is 0. The molecule has 1 aliphatic heterocycles. The maximum atomic E-state index is 7.54. The number of benzene rings is 2. The molecule has 0 radical (unpaired) electrons. The highest BCUT2D eigenvalue weighted by atomic mass is 15.1. The van der Waals surface area contributed by atoms with Gasteiger partial charge in [-0.15, -0.1) is 0 Å². The molecule has 0 saturated carbocycles.